The van der Waals surface area contributed by atoms with Crippen LogP contribution < -0.4 is 14.4 Å². The number of sulfone groups is 1. The molecule has 146 valence electrons. The number of benzene rings is 2. The summed E-state index contributed by atoms with van der Waals surface area (Å²) >= 11 is 0. The number of hydrogen-bond acceptors (Lipinski definition) is 7. The Bertz CT molecular complexity index is 1140. The number of fused-ring (bicyclic) bond motifs is 1. The van der Waals surface area contributed by atoms with E-state index in [1.54, 1.807) is 25.1 Å². The fourth-order valence-corrected chi connectivity index (χ4v) is 4.35. The first kappa shape index (κ1) is 18.4. The van der Waals surface area contributed by atoms with Crippen molar-refractivity contribution >= 4 is 15.7 Å². The van der Waals surface area contributed by atoms with Crippen LogP contribution in [0.2, 0.25) is 0 Å². The van der Waals surface area contributed by atoms with Gasteiger partial charge in [0.25, 0.3) is 0 Å². The molecule has 0 atom stereocenters. The van der Waals surface area contributed by atoms with Gasteiger partial charge in [-0.3, -0.25) is 0 Å². The van der Waals surface area contributed by atoms with Crippen molar-refractivity contribution in [1.29, 1.82) is 0 Å². The Balaban J connectivity index is 1.83. The second kappa shape index (κ2) is 6.87. The topological polar surface area (TPSA) is 81.9 Å². The Kier molecular flexibility index (Phi) is 4.50. The molecule has 0 radical (unpaired) electrons. The van der Waals surface area contributed by atoms with Crippen LogP contribution in [0.1, 0.15) is 5.56 Å². The highest BCUT2D eigenvalue weighted by molar-refractivity contribution is 7.91. The molecule has 3 aromatic rings. The lowest BCUT2D eigenvalue weighted by Gasteiger charge is -2.18. The molecule has 0 saturated carbocycles. The van der Waals surface area contributed by atoms with Gasteiger partial charge in [-0.2, -0.15) is 4.98 Å². The molecule has 7 nitrogen and oxygen atoms in total. The molecule has 0 fully saturated rings. The first-order chi connectivity index (χ1) is 13.4. The molecule has 8 heteroatoms. The second-order valence-electron chi connectivity index (χ2n) is 6.70. The van der Waals surface area contributed by atoms with E-state index < -0.39 is 9.84 Å². The van der Waals surface area contributed by atoms with Gasteiger partial charge >= 0.3 is 0 Å². The van der Waals surface area contributed by atoms with Crippen LogP contribution >= 0.6 is 0 Å². The zero-order valence-electron chi connectivity index (χ0n) is 15.8. The van der Waals surface area contributed by atoms with Gasteiger partial charge in [-0.1, -0.05) is 17.7 Å². The Morgan fingerprint density at radius 1 is 1.00 bits per heavy atom. The lowest BCUT2D eigenvalue weighted by atomic mass is 10.1. The molecular weight excluding hydrogens is 380 g/mol. The first-order valence-corrected chi connectivity index (χ1v) is 10.2. The van der Waals surface area contributed by atoms with Crippen LogP contribution in [0, 0.1) is 6.92 Å². The maximum atomic E-state index is 13.3. The van der Waals surface area contributed by atoms with Crippen LogP contribution in [0.25, 0.3) is 11.5 Å². The highest BCUT2D eigenvalue weighted by Gasteiger charge is 2.30. The number of ether oxygens (including phenoxy) is 2. The molecule has 0 unspecified atom stereocenters. The van der Waals surface area contributed by atoms with Gasteiger partial charge in [0.1, 0.15) is 13.2 Å². The maximum absolute atomic E-state index is 13.3. The molecule has 0 spiro atoms. The Hall–Kier alpha value is -3.00. The summed E-state index contributed by atoms with van der Waals surface area (Å²) in [4.78, 5) is 6.00. The fraction of sp³-hybridized carbons (Fsp3) is 0.250. The molecular formula is C20H20N2O5S. The number of nitrogens with zero attached hydrogens (tertiary/aromatic N) is 2. The van der Waals surface area contributed by atoms with Gasteiger partial charge in [0.05, 0.1) is 4.90 Å². The summed E-state index contributed by atoms with van der Waals surface area (Å²) in [5, 5.41) is -0.134. The Labute approximate surface area is 163 Å². The largest absolute Gasteiger partial charge is 0.486 e. The van der Waals surface area contributed by atoms with Gasteiger partial charge in [-0.15, -0.1) is 0 Å². The van der Waals surface area contributed by atoms with E-state index in [9.17, 15) is 8.42 Å². The van der Waals surface area contributed by atoms with E-state index in [-0.39, 0.29) is 21.7 Å². The molecule has 0 aliphatic carbocycles. The lowest BCUT2D eigenvalue weighted by Crippen LogP contribution is -2.16. The molecule has 28 heavy (non-hydrogen) atoms. The van der Waals surface area contributed by atoms with E-state index in [0.29, 0.717) is 30.3 Å². The number of hydrogen-bond donors (Lipinski definition) is 0. The van der Waals surface area contributed by atoms with Crippen molar-refractivity contribution in [3.63, 3.8) is 0 Å². The predicted octanol–water partition coefficient (Wildman–Crippen LogP) is 3.32. The minimum Gasteiger partial charge on any atom is -0.486 e. The summed E-state index contributed by atoms with van der Waals surface area (Å²) in [7, 11) is -0.504. The number of anilines is 1. The number of oxazole rings is 1. The van der Waals surface area contributed by atoms with E-state index >= 15 is 0 Å². The van der Waals surface area contributed by atoms with Crippen LogP contribution in [0.4, 0.5) is 5.88 Å². The summed E-state index contributed by atoms with van der Waals surface area (Å²) in [5.74, 6) is 1.36. The van der Waals surface area contributed by atoms with E-state index in [4.69, 9.17) is 13.9 Å². The van der Waals surface area contributed by atoms with Crippen LogP contribution in [0.15, 0.2) is 56.8 Å². The SMILES string of the molecule is Cc1cccc(-c2nc(S(=O)(=O)c3ccc4c(c3)OCCO4)c(N(C)C)o2)c1. The van der Waals surface area contributed by atoms with Crippen molar-refractivity contribution in [2.45, 2.75) is 16.8 Å². The smallest absolute Gasteiger partial charge is 0.235 e. The lowest BCUT2D eigenvalue weighted by molar-refractivity contribution is 0.171. The monoisotopic (exact) mass is 400 g/mol. The molecule has 2 heterocycles. The quantitative estimate of drug-likeness (QED) is 0.664. The van der Waals surface area contributed by atoms with E-state index in [1.165, 1.54) is 12.1 Å². The van der Waals surface area contributed by atoms with Crippen molar-refractivity contribution in [3.05, 3.63) is 48.0 Å². The summed E-state index contributed by atoms with van der Waals surface area (Å²) in [6, 6.07) is 12.1. The van der Waals surface area contributed by atoms with Gasteiger partial charge in [0, 0.05) is 25.7 Å². The maximum Gasteiger partial charge on any atom is 0.235 e. The van der Waals surface area contributed by atoms with Crippen LogP contribution in [0.3, 0.4) is 0 Å². The second-order valence-corrected chi connectivity index (χ2v) is 8.57. The first-order valence-electron chi connectivity index (χ1n) is 8.76. The molecule has 1 aromatic heterocycles. The van der Waals surface area contributed by atoms with E-state index in [1.807, 2.05) is 31.2 Å². The molecule has 2 aromatic carbocycles. The van der Waals surface area contributed by atoms with Crippen LogP contribution in [-0.2, 0) is 9.84 Å². The van der Waals surface area contributed by atoms with Crippen molar-refractivity contribution < 1.29 is 22.3 Å². The highest BCUT2D eigenvalue weighted by atomic mass is 32.2. The van der Waals surface area contributed by atoms with Crippen molar-refractivity contribution in [3.8, 4) is 23.0 Å². The number of aryl methyl sites for hydroxylation is 1. The third kappa shape index (κ3) is 3.20. The molecule has 1 aliphatic heterocycles. The molecule has 0 saturated heterocycles. The summed E-state index contributed by atoms with van der Waals surface area (Å²) in [6.45, 7) is 2.76. The molecule has 0 bridgehead atoms. The predicted molar refractivity (Wildman–Crippen MR) is 104 cm³/mol. The zero-order valence-corrected chi connectivity index (χ0v) is 16.6. The minimum atomic E-state index is -3.93. The van der Waals surface area contributed by atoms with Gasteiger partial charge in [-0.05, 0) is 31.2 Å². The van der Waals surface area contributed by atoms with E-state index in [0.717, 1.165) is 5.56 Å². The van der Waals surface area contributed by atoms with Crippen LogP contribution in [0.5, 0.6) is 11.5 Å². The molecule has 1 aliphatic rings. The number of rotatable bonds is 4. The van der Waals surface area contributed by atoms with Gasteiger partial charge in [0.15, 0.2) is 11.5 Å². The van der Waals surface area contributed by atoms with Gasteiger partial charge < -0.3 is 18.8 Å². The third-order valence-electron chi connectivity index (χ3n) is 4.33. The van der Waals surface area contributed by atoms with Gasteiger partial charge in [-0.25, -0.2) is 8.42 Å². The standard InChI is InChI=1S/C20H20N2O5S/c1-13-5-4-6-14(11-13)18-21-19(20(27-18)22(2)3)28(23,24)15-7-8-16-17(12-15)26-10-9-25-16/h4-8,11-12H,9-10H2,1-3H3. The molecule has 0 N–H and O–H groups in total. The fourth-order valence-electron chi connectivity index (χ4n) is 2.96. The average Bonchev–Trinajstić information content (AvgIpc) is 3.14. The third-order valence-corrected chi connectivity index (χ3v) is 5.98. The normalized spacial score (nSPS) is 13.4. The highest BCUT2D eigenvalue weighted by Crippen LogP contribution is 2.37. The van der Waals surface area contributed by atoms with E-state index in [2.05, 4.69) is 4.98 Å². The zero-order chi connectivity index (χ0) is 19.9. The molecule has 4 rings (SSSR count). The van der Waals surface area contributed by atoms with Crippen molar-refractivity contribution in [1.82, 2.24) is 4.98 Å². The summed E-state index contributed by atoms with van der Waals surface area (Å²) in [6.07, 6.45) is 0. The molecule has 0 amide bonds. The van der Waals surface area contributed by atoms with Crippen molar-refractivity contribution in [2.24, 2.45) is 0 Å². The Morgan fingerprint density at radius 2 is 1.75 bits per heavy atom. The Morgan fingerprint density at radius 3 is 2.46 bits per heavy atom. The summed E-state index contributed by atoms with van der Waals surface area (Å²) in [5.41, 5.74) is 1.74. The van der Waals surface area contributed by atoms with Crippen molar-refractivity contribution in [2.75, 3.05) is 32.2 Å². The number of aromatic nitrogens is 1. The average molecular weight is 400 g/mol. The summed E-state index contributed by atoms with van der Waals surface area (Å²) < 4.78 is 43.4. The van der Waals surface area contributed by atoms with Crippen LogP contribution in [-0.4, -0.2) is 40.7 Å². The van der Waals surface area contributed by atoms with Gasteiger partial charge in [0.2, 0.25) is 26.6 Å². The minimum absolute atomic E-state index is 0.0731.